The molecular weight excluding hydrogens is 282 g/mol. The highest BCUT2D eigenvalue weighted by atomic mass is 79.9. The van der Waals surface area contributed by atoms with Crippen LogP contribution in [-0.2, 0) is 4.79 Å². The molecule has 92 valence electrons. The van der Waals surface area contributed by atoms with E-state index in [0.29, 0.717) is 6.42 Å². The van der Waals surface area contributed by atoms with Crippen LogP contribution in [0.4, 0.5) is 0 Å². The zero-order valence-electron chi connectivity index (χ0n) is 9.69. The highest BCUT2D eigenvalue weighted by molar-refractivity contribution is 9.10. The Morgan fingerprint density at radius 1 is 1.59 bits per heavy atom. The van der Waals surface area contributed by atoms with Crippen molar-refractivity contribution in [2.75, 3.05) is 6.61 Å². The molecule has 0 spiro atoms. The number of nitrogens with one attached hydrogen (secondary N) is 1. The van der Waals surface area contributed by atoms with E-state index in [4.69, 9.17) is 5.11 Å². The van der Waals surface area contributed by atoms with E-state index >= 15 is 0 Å². The molecule has 0 fully saturated rings. The van der Waals surface area contributed by atoms with Crippen LogP contribution in [0.3, 0.4) is 0 Å². The van der Waals surface area contributed by atoms with Crippen molar-refractivity contribution in [1.29, 1.82) is 0 Å². The average Bonchev–Trinajstić information content (AvgIpc) is 2.33. The van der Waals surface area contributed by atoms with Crippen molar-refractivity contribution in [3.8, 4) is 0 Å². The first-order chi connectivity index (χ1) is 8.15. The fourth-order valence-corrected chi connectivity index (χ4v) is 1.73. The van der Waals surface area contributed by atoms with E-state index in [9.17, 15) is 4.79 Å². The van der Waals surface area contributed by atoms with Crippen molar-refractivity contribution in [1.82, 2.24) is 5.32 Å². The van der Waals surface area contributed by atoms with Crippen LogP contribution >= 0.6 is 15.9 Å². The van der Waals surface area contributed by atoms with Gasteiger partial charge in [0.25, 0.3) is 0 Å². The summed E-state index contributed by atoms with van der Waals surface area (Å²) < 4.78 is 0.974. The van der Waals surface area contributed by atoms with Gasteiger partial charge in [0.15, 0.2) is 0 Å². The van der Waals surface area contributed by atoms with Gasteiger partial charge < -0.3 is 10.4 Å². The number of halogens is 1. The van der Waals surface area contributed by atoms with Gasteiger partial charge >= 0.3 is 0 Å². The number of carbonyl (C=O) groups is 1. The van der Waals surface area contributed by atoms with Gasteiger partial charge in [0.2, 0.25) is 5.91 Å². The van der Waals surface area contributed by atoms with E-state index in [1.807, 2.05) is 31.2 Å². The van der Waals surface area contributed by atoms with E-state index in [2.05, 4.69) is 21.2 Å². The smallest absolute Gasteiger partial charge is 0.244 e. The van der Waals surface area contributed by atoms with E-state index in [0.717, 1.165) is 10.0 Å². The summed E-state index contributed by atoms with van der Waals surface area (Å²) in [5.74, 6) is -0.189. The molecule has 1 atom stereocenters. The number of carbonyl (C=O) groups excluding carboxylic acids is 1. The Morgan fingerprint density at radius 3 is 2.94 bits per heavy atom. The van der Waals surface area contributed by atoms with Crippen LogP contribution in [0.5, 0.6) is 0 Å². The van der Waals surface area contributed by atoms with Crippen LogP contribution in [0.25, 0.3) is 6.08 Å². The molecule has 2 N–H and O–H groups in total. The molecule has 1 aromatic carbocycles. The Balaban J connectivity index is 2.56. The molecule has 1 aromatic rings. The van der Waals surface area contributed by atoms with Crippen molar-refractivity contribution in [2.45, 2.75) is 19.4 Å². The second kappa shape index (κ2) is 7.25. The predicted octanol–water partition coefficient (Wildman–Crippen LogP) is 2.35. The number of hydrogen-bond donors (Lipinski definition) is 2. The maximum Gasteiger partial charge on any atom is 0.244 e. The Labute approximate surface area is 110 Å². The summed E-state index contributed by atoms with van der Waals surface area (Å²) in [7, 11) is 0. The van der Waals surface area contributed by atoms with Crippen LogP contribution in [0.1, 0.15) is 18.9 Å². The van der Waals surface area contributed by atoms with Gasteiger partial charge in [-0.15, -0.1) is 0 Å². The fourth-order valence-electron chi connectivity index (χ4n) is 1.31. The molecule has 0 radical (unpaired) electrons. The average molecular weight is 298 g/mol. The van der Waals surface area contributed by atoms with Gasteiger partial charge in [0.1, 0.15) is 0 Å². The predicted molar refractivity (Wildman–Crippen MR) is 72.5 cm³/mol. The minimum Gasteiger partial charge on any atom is -0.394 e. The Bertz CT molecular complexity index is 400. The second-order valence-electron chi connectivity index (χ2n) is 3.68. The molecule has 0 saturated heterocycles. The van der Waals surface area contributed by atoms with Crippen molar-refractivity contribution < 1.29 is 9.90 Å². The van der Waals surface area contributed by atoms with Gasteiger partial charge in [-0.1, -0.05) is 35.0 Å². The number of rotatable bonds is 5. The SMILES string of the molecule is CCC(CO)NC(=O)C=Cc1cccc(Br)c1. The lowest BCUT2D eigenvalue weighted by molar-refractivity contribution is -0.117. The summed E-state index contributed by atoms with van der Waals surface area (Å²) in [6, 6.07) is 7.50. The number of aliphatic hydroxyl groups is 1. The standard InChI is InChI=1S/C13H16BrNO2/c1-2-12(9-16)15-13(17)7-6-10-4-3-5-11(14)8-10/h3-8,12,16H,2,9H2,1H3,(H,15,17). The van der Waals surface area contributed by atoms with E-state index in [1.165, 1.54) is 6.08 Å². The monoisotopic (exact) mass is 297 g/mol. The third-order valence-corrected chi connectivity index (χ3v) is 2.83. The molecule has 3 nitrogen and oxygen atoms in total. The number of amides is 1. The van der Waals surface area contributed by atoms with Crippen molar-refractivity contribution in [3.05, 3.63) is 40.4 Å². The van der Waals surface area contributed by atoms with Crippen molar-refractivity contribution in [3.63, 3.8) is 0 Å². The van der Waals surface area contributed by atoms with Gasteiger partial charge in [-0.3, -0.25) is 4.79 Å². The summed E-state index contributed by atoms with van der Waals surface area (Å²) >= 11 is 3.36. The number of hydrogen-bond acceptors (Lipinski definition) is 2. The molecule has 0 heterocycles. The normalized spacial score (nSPS) is 12.6. The Morgan fingerprint density at radius 2 is 2.35 bits per heavy atom. The van der Waals surface area contributed by atoms with Gasteiger partial charge in [-0.05, 0) is 30.2 Å². The third kappa shape index (κ3) is 5.15. The van der Waals surface area contributed by atoms with E-state index in [1.54, 1.807) is 6.08 Å². The first kappa shape index (κ1) is 13.9. The number of benzene rings is 1. The van der Waals surface area contributed by atoms with Crippen LogP contribution in [0, 0.1) is 0 Å². The summed E-state index contributed by atoms with van der Waals surface area (Å²) in [5.41, 5.74) is 0.951. The van der Waals surface area contributed by atoms with Gasteiger partial charge in [-0.2, -0.15) is 0 Å². The zero-order chi connectivity index (χ0) is 12.7. The molecule has 0 aliphatic rings. The number of aliphatic hydroxyl groups excluding tert-OH is 1. The van der Waals surface area contributed by atoms with E-state index < -0.39 is 0 Å². The quantitative estimate of drug-likeness (QED) is 0.820. The first-order valence-electron chi connectivity index (χ1n) is 5.50. The van der Waals surface area contributed by atoms with Crippen LogP contribution < -0.4 is 5.32 Å². The molecular formula is C13H16BrNO2. The minimum absolute atomic E-state index is 0.0348. The molecule has 1 amide bonds. The van der Waals surface area contributed by atoms with Gasteiger partial charge in [-0.25, -0.2) is 0 Å². The highest BCUT2D eigenvalue weighted by Gasteiger charge is 2.05. The second-order valence-corrected chi connectivity index (χ2v) is 4.60. The maximum absolute atomic E-state index is 11.5. The summed E-state index contributed by atoms with van der Waals surface area (Å²) in [6.45, 7) is 1.88. The summed E-state index contributed by atoms with van der Waals surface area (Å²) in [5, 5.41) is 11.7. The van der Waals surface area contributed by atoms with Gasteiger partial charge in [0, 0.05) is 10.5 Å². The lowest BCUT2D eigenvalue weighted by Crippen LogP contribution is -2.35. The molecule has 0 aliphatic carbocycles. The summed E-state index contributed by atoms with van der Waals surface area (Å²) in [6.07, 6.45) is 3.93. The Hall–Kier alpha value is -1.13. The van der Waals surface area contributed by atoms with Crippen LogP contribution in [-0.4, -0.2) is 23.7 Å². The molecule has 0 aromatic heterocycles. The molecule has 1 rings (SSSR count). The lowest BCUT2D eigenvalue weighted by atomic mass is 10.2. The Kier molecular flexibility index (Phi) is 5.94. The molecule has 17 heavy (non-hydrogen) atoms. The van der Waals surface area contributed by atoms with Gasteiger partial charge in [0.05, 0.1) is 12.6 Å². The molecule has 1 unspecified atom stereocenters. The largest absolute Gasteiger partial charge is 0.394 e. The summed E-state index contributed by atoms with van der Waals surface area (Å²) in [4.78, 5) is 11.5. The molecule has 0 saturated carbocycles. The van der Waals surface area contributed by atoms with Crippen LogP contribution in [0.15, 0.2) is 34.8 Å². The van der Waals surface area contributed by atoms with Crippen molar-refractivity contribution >= 4 is 27.9 Å². The minimum atomic E-state index is -0.189. The zero-order valence-corrected chi connectivity index (χ0v) is 11.3. The molecule has 0 bridgehead atoms. The maximum atomic E-state index is 11.5. The van der Waals surface area contributed by atoms with Crippen LogP contribution in [0.2, 0.25) is 0 Å². The molecule has 0 aliphatic heterocycles. The molecule has 4 heteroatoms. The van der Waals surface area contributed by atoms with Crippen molar-refractivity contribution in [2.24, 2.45) is 0 Å². The highest BCUT2D eigenvalue weighted by Crippen LogP contribution is 2.12. The fraction of sp³-hybridized carbons (Fsp3) is 0.308. The van der Waals surface area contributed by atoms with E-state index in [-0.39, 0.29) is 18.6 Å². The topological polar surface area (TPSA) is 49.3 Å². The third-order valence-electron chi connectivity index (χ3n) is 2.34. The lowest BCUT2D eigenvalue weighted by Gasteiger charge is -2.11. The first-order valence-corrected chi connectivity index (χ1v) is 6.30.